The van der Waals surface area contributed by atoms with E-state index in [2.05, 4.69) is 0 Å². The molecular formula is H8FeO4Sr. The van der Waals surface area contributed by atoms with Crippen molar-refractivity contribution in [3.63, 3.8) is 0 Å². The van der Waals surface area contributed by atoms with E-state index in [1.165, 1.54) is 0 Å². The molecule has 8 N–H and O–H groups in total. The second-order valence-electron chi connectivity index (χ2n) is 0. The summed E-state index contributed by atoms with van der Waals surface area (Å²) in [5.41, 5.74) is 0. The minimum Gasteiger partial charge on any atom is -0.412 e. The maximum absolute atomic E-state index is 0. The predicted molar refractivity (Wildman–Crippen MR) is 20.2 cm³/mol. The Hall–Kier alpha value is 1.84. The van der Waals surface area contributed by atoms with Crippen LogP contribution in [0.1, 0.15) is 0 Å². The van der Waals surface area contributed by atoms with Gasteiger partial charge in [-0.15, -0.1) is 0 Å². The number of hydrogen-bond donors (Lipinski definition) is 0. The van der Waals surface area contributed by atoms with Crippen LogP contribution in [0.3, 0.4) is 0 Å². The molecule has 6 heavy (non-hydrogen) atoms. The summed E-state index contributed by atoms with van der Waals surface area (Å²) in [5, 5.41) is 0. The molecule has 0 aromatic heterocycles. The van der Waals surface area contributed by atoms with E-state index >= 15 is 0 Å². The first kappa shape index (κ1) is 108. The summed E-state index contributed by atoms with van der Waals surface area (Å²) in [7, 11) is 0. The van der Waals surface area contributed by atoms with Crippen LogP contribution in [-0.4, -0.2) is 67.4 Å². The minimum atomic E-state index is 0. The van der Waals surface area contributed by atoms with E-state index in [9.17, 15) is 0 Å². The van der Waals surface area contributed by atoms with Gasteiger partial charge >= 0.3 is 0 Å². The molecule has 0 atom stereocenters. The molecule has 0 aliphatic rings. The summed E-state index contributed by atoms with van der Waals surface area (Å²) in [5.74, 6) is 0. The molecule has 4 nitrogen and oxygen atoms in total. The average molecular weight is 216 g/mol. The molecule has 42 valence electrons. The van der Waals surface area contributed by atoms with E-state index in [4.69, 9.17) is 0 Å². The number of rotatable bonds is 0. The summed E-state index contributed by atoms with van der Waals surface area (Å²) >= 11 is 0. The predicted octanol–water partition coefficient (Wildman–Crippen LogP) is -3.68. The van der Waals surface area contributed by atoms with Crippen LogP contribution < -0.4 is 0 Å². The molecule has 0 rings (SSSR count). The fraction of sp³-hybridized carbons (Fsp3) is 0. The second-order valence-corrected chi connectivity index (χ2v) is 0. The van der Waals surface area contributed by atoms with E-state index in [-0.39, 0.29) is 84.5 Å². The van der Waals surface area contributed by atoms with Gasteiger partial charge in [-0.1, -0.05) is 0 Å². The Morgan fingerprint density at radius 3 is 0.500 bits per heavy atom. The van der Waals surface area contributed by atoms with Crippen molar-refractivity contribution in [3.05, 3.63) is 0 Å². The maximum Gasteiger partial charge on any atom is 0 e. The van der Waals surface area contributed by atoms with Gasteiger partial charge in [0.05, 0.1) is 0 Å². The van der Waals surface area contributed by atoms with Crippen molar-refractivity contribution >= 4 is 45.5 Å². The summed E-state index contributed by atoms with van der Waals surface area (Å²) in [4.78, 5) is 0. The third-order valence-corrected chi connectivity index (χ3v) is 0. The zero-order chi connectivity index (χ0) is 0. The molecule has 6 heteroatoms. The summed E-state index contributed by atoms with van der Waals surface area (Å²) in [6.07, 6.45) is 0. The molecule has 0 saturated carbocycles. The molecule has 0 aromatic rings. The van der Waals surface area contributed by atoms with Crippen molar-refractivity contribution in [2.75, 3.05) is 0 Å². The normalized spacial score (nSPS) is 0. The maximum atomic E-state index is 0. The first-order chi connectivity index (χ1) is 0. The van der Waals surface area contributed by atoms with Crippen LogP contribution in [0.2, 0.25) is 0 Å². The molecule has 0 fully saturated rings. The SMILES string of the molecule is O.O.O.O.[Fe].[Sr]. The fourth-order valence-electron chi connectivity index (χ4n) is 0. The van der Waals surface area contributed by atoms with Gasteiger partial charge in [-0.25, -0.2) is 0 Å². The molecule has 0 saturated heterocycles. The summed E-state index contributed by atoms with van der Waals surface area (Å²) in [6.45, 7) is 0. The van der Waals surface area contributed by atoms with Crippen molar-refractivity contribution in [1.82, 2.24) is 0 Å². The van der Waals surface area contributed by atoms with Gasteiger partial charge in [0.1, 0.15) is 0 Å². The largest absolute Gasteiger partial charge is 0.412 e. The molecule has 0 aromatic carbocycles. The Labute approximate surface area is 83.3 Å². The zero-order valence-electron chi connectivity index (χ0n) is 3.06. The standard InChI is InChI=1S/Fe.4H2O.Sr/h;4*1H2;. The summed E-state index contributed by atoms with van der Waals surface area (Å²) in [6, 6.07) is 0. The van der Waals surface area contributed by atoms with Gasteiger partial charge in [0.25, 0.3) is 0 Å². The van der Waals surface area contributed by atoms with Gasteiger partial charge in [-0.2, -0.15) is 0 Å². The van der Waals surface area contributed by atoms with Crippen LogP contribution in [0, 0.1) is 0 Å². The van der Waals surface area contributed by atoms with E-state index in [1.807, 2.05) is 0 Å². The first-order valence-electron chi connectivity index (χ1n) is 0. The Morgan fingerprint density at radius 1 is 0.500 bits per heavy atom. The molecule has 0 spiro atoms. The quantitative estimate of drug-likeness (QED) is 0.369. The van der Waals surface area contributed by atoms with Crippen LogP contribution in [0.5, 0.6) is 0 Å². The smallest absolute Gasteiger partial charge is 0 e. The molecule has 0 amide bonds. The van der Waals surface area contributed by atoms with Crippen molar-refractivity contribution in [1.29, 1.82) is 0 Å². The molecule has 0 aliphatic carbocycles. The molecule has 0 aliphatic heterocycles. The van der Waals surface area contributed by atoms with Gasteiger partial charge in [-0.3, -0.25) is 0 Å². The van der Waals surface area contributed by atoms with Crippen LogP contribution in [0.4, 0.5) is 0 Å². The Kier molecular flexibility index (Phi) is 1240. The van der Waals surface area contributed by atoms with Crippen LogP contribution in [-0.2, 0) is 17.1 Å². The van der Waals surface area contributed by atoms with Crippen LogP contribution >= 0.6 is 0 Å². The molecule has 0 bridgehead atoms. The van der Waals surface area contributed by atoms with Crippen LogP contribution in [0.25, 0.3) is 0 Å². The van der Waals surface area contributed by atoms with E-state index in [0.29, 0.717) is 0 Å². The van der Waals surface area contributed by atoms with Gasteiger partial charge in [-0.05, 0) is 0 Å². The molecular weight excluding hydrogens is 207 g/mol. The van der Waals surface area contributed by atoms with Gasteiger partial charge in [0.15, 0.2) is 0 Å². The fourth-order valence-corrected chi connectivity index (χ4v) is 0. The van der Waals surface area contributed by atoms with Gasteiger partial charge in [0, 0.05) is 62.6 Å². The third kappa shape index (κ3) is 40.4. The van der Waals surface area contributed by atoms with Crippen molar-refractivity contribution < 1.29 is 39.0 Å². The Morgan fingerprint density at radius 2 is 0.500 bits per heavy atom. The Bertz CT molecular complexity index is 7.51. The third-order valence-electron chi connectivity index (χ3n) is 0. The summed E-state index contributed by atoms with van der Waals surface area (Å²) < 4.78 is 0. The minimum absolute atomic E-state index is 0. The second kappa shape index (κ2) is 68.9. The average Bonchev–Trinajstić information content (AvgIpc) is 0. The van der Waals surface area contributed by atoms with Gasteiger partial charge in [0.2, 0.25) is 0 Å². The molecule has 0 unspecified atom stereocenters. The van der Waals surface area contributed by atoms with Crippen molar-refractivity contribution in [2.45, 2.75) is 0 Å². The van der Waals surface area contributed by atoms with E-state index in [1.54, 1.807) is 0 Å². The van der Waals surface area contributed by atoms with Gasteiger partial charge < -0.3 is 21.9 Å². The monoisotopic (exact) mass is 216 g/mol. The molecule has 2 radical (unpaired) electrons. The van der Waals surface area contributed by atoms with E-state index in [0.717, 1.165) is 0 Å². The van der Waals surface area contributed by atoms with E-state index < -0.39 is 0 Å². The number of hydrogen-bond acceptors (Lipinski definition) is 0. The van der Waals surface area contributed by atoms with Crippen molar-refractivity contribution in [2.24, 2.45) is 0 Å². The zero-order valence-corrected chi connectivity index (χ0v) is 7.64. The topological polar surface area (TPSA) is 126 Å². The van der Waals surface area contributed by atoms with Crippen molar-refractivity contribution in [3.8, 4) is 0 Å². The molecule has 0 heterocycles. The Balaban J connectivity index is 0. The first-order valence-corrected chi connectivity index (χ1v) is 0. The van der Waals surface area contributed by atoms with Crippen LogP contribution in [0.15, 0.2) is 0 Å².